The number of imide groups is 1. The van der Waals surface area contributed by atoms with Crippen LogP contribution in [0.3, 0.4) is 0 Å². The van der Waals surface area contributed by atoms with Gasteiger partial charge in [0, 0.05) is 29.1 Å². The van der Waals surface area contributed by atoms with E-state index < -0.39 is 11.6 Å². The van der Waals surface area contributed by atoms with Crippen LogP contribution in [0.5, 0.6) is 5.75 Å². The Labute approximate surface area is 185 Å². The first-order valence-corrected chi connectivity index (χ1v) is 11.2. The molecule has 31 heavy (non-hydrogen) atoms. The predicted molar refractivity (Wildman–Crippen MR) is 121 cm³/mol. The molecule has 0 bridgehead atoms. The van der Waals surface area contributed by atoms with Gasteiger partial charge >= 0.3 is 6.03 Å². The Bertz CT molecular complexity index is 1200. The minimum absolute atomic E-state index is 0.148. The molecule has 7 heteroatoms. The summed E-state index contributed by atoms with van der Waals surface area (Å²) < 4.78 is 1.15. The van der Waals surface area contributed by atoms with Crippen LogP contribution in [-0.2, 0) is 11.2 Å². The van der Waals surface area contributed by atoms with Crippen LogP contribution < -0.4 is 0 Å². The third kappa shape index (κ3) is 2.95. The average molecular weight is 436 g/mol. The Hall–Kier alpha value is -2.90. The molecule has 2 aliphatic heterocycles. The predicted octanol–water partition coefficient (Wildman–Crippen LogP) is 3.84. The maximum Gasteiger partial charge on any atom is 0.328 e. The molecule has 1 aromatic heterocycles. The van der Waals surface area contributed by atoms with Gasteiger partial charge in [0.15, 0.2) is 0 Å². The molecule has 0 aliphatic carbocycles. The molecule has 2 aromatic carbocycles. The number of phenolic OH excluding ortho intramolecular Hbond substituents is 1. The standard InChI is InChI=1S/C24H25N3O3S/c1-24-14-18-17-9-4-5-10-19(17)31-21(18)20(15-7-6-8-16(28)13-15)27(24)23(30)26(22(24)29)12-11-25(2)3/h4-10,13,20,28H,11-12,14H2,1-3H3/t20-,24+/m1/s1. The fraction of sp³-hybridized carbons (Fsp3) is 0.333. The van der Waals surface area contributed by atoms with Crippen molar-refractivity contribution in [3.05, 3.63) is 64.5 Å². The quantitative estimate of drug-likeness (QED) is 0.633. The number of hydrogen-bond acceptors (Lipinski definition) is 5. The number of thiophene rings is 1. The molecule has 6 nitrogen and oxygen atoms in total. The SMILES string of the molecule is CN(C)CCN1C(=O)N2[C@H](c3cccc(O)c3)c3sc4ccccc4c3C[C@@]2(C)C1=O. The number of rotatable bonds is 4. The summed E-state index contributed by atoms with van der Waals surface area (Å²) >= 11 is 1.67. The van der Waals surface area contributed by atoms with Crippen molar-refractivity contribution in [1.29, 1.82) is 0 Å². The molecule has 3 amide bonds. The molecule has 0 radical (unpaired) electrons. The van der Waals surface area contributed by atoms with E-state index in [9.17, 15) is 14.7 Å². The van der Waals surface area contributed by atoms with Gasteiger partial charge in [-0.3, -0.25) is 14.6 Å². The second-order valence-corrected chi connectivity index (χ2v) is 9.89. The number of nitrogens with zero attached hydrogens (tertiary/aromatic N) is 3. The van der Waals surface area contributed by atoms with Crippen molar-refractivity contribution in [3.63, 3.8) is 0 Å². The molecule has 5 rings (SSSR count). The van der Waals surface area contributed by atoms with Crippen molar-refractivity contribution in [2.45, 2.75) is 24.9 Å². The van der Waals surface area contributed by atoms with Crippen LogP contribution in [-0.4, -0.2) is 64.5 Å². The lowest BCUT2D eigenvalue weighted by atomic mass is 9.81. The van der Waals surface area contributed by atoms with Gasteiger partial charge in [-0.1, -0.05) is 30.3 Å². The van der Waals surface area contributed by atoms with Crippen molar-refractivity contribution in [3.8, 4) is 5.75 Å². The number of likely N-dealkylation sites (N-methyl/N-ethyl adjacent to an activating group) is 1. The zero-order chi connectivity index (χ0) is 21.9. The molecule has 3 heterocycles. The minimum atomic E-state index is -0.962. The molecule has 1 saturated heterocycles. The maximum atomic E-state index is 13.6. The molecular formula is C24H25N3O3S. The van der Waals surface area contributed by atoms with Crippen LogP contribution in [0.15, 0.2) is 48.5 Å². The lowest BCUT2D eigenvalue weighted by molar-refractivity contribution is -0.133. The molecule has 0 spiro atoms. The molecule has 1 N–H and O–H groups in total. The number of benzene rings is 2. The van der Waals surface area contributed by atoms with Gasteiger partial charge in [0.25, 0.3) is 5.91 Å². The van der Waals surface area contributed by atoms with Crippen LogP contribution in [0, 0.1) is 0 Å². The first-order valence-electron chi connectivity index (χ1n) is 10.4. The number of carbonyl (C=O) groups is 2. The Morgan fingerprint density at radius 1 is 1.16 bits per heavy atom. The first-order chi connectivity index (χ1) is 14.8. The smallest absolute Gasteiger partial charge is 0.328 e. The lowest BCUT2D eigenvalue weighted by Gasteiger charge is -2.42. The molecule has 1 fully saturated rings. The largest absolute Gasteiger partial charge is 0.508 e. The zero-order valence-corrected chi connectivity index (χ0v) is 18.6. The highest BCUT2D eigenvalue weighted by atomic mass is 32.1. The van der Waals surface area contributed by atoms with Crippen molar-refractivity contribution in [2.24, 2.45) is 0 Å². The number of hydrogen-bond donors (Lipinski definition) is 1. The number of aromatic hydroxyl groups is 1. The molecule has 3 aromatic rings. The Kier molecular flexibility index (Phi) is 4.57. The van der Waals surface area contributed by atoms with Gasteiger partial charge in [-0.15, -0.1) is 11.3 Å². The summed E-state index contributed by atoms with van der Waals surface area (Å²) in [6, 6.07) is 14.5. The molecule has 2 aliphatic rings. The number of carbonyl (C=O) groups excluding carboxylic acids is 2. The summed E-state index contributed by atoms with van der Waals surface area (Å²) in [5.74, 6) is 0.000285. The molecular weight excluding hydrogens is 410 g/mol. The topological polar surface area (TPSA) is 64.1 Å². The molecule has 2 atom stereocenters. The van der Waals surface area contributed by atoms with Gasteiger partial charge in [-0.05, 0) is 55.7 Å². The Balaban J connectivity index is 1.71. The number of fused-ring (bicyclic) bond motifs is 4. The summed E-state index contributed by atoms with van der Waals surface area (Å²) in [6.07, 6.45) is 0.491. The fourth-order valence-corrected chi connectivity index (χ4v) is 6.20. The average Bonchev–Trinajstić information content (AvgIpc) is 3.18. The minimum Gasteiger partial charge on any atom is -0.508 e. The van der Waals surface area contributed by atoms with Crippen molar-refractivity contribution in [2.75, 3.05) is 27.2 Å². The van der Waals surface area contributed by atoms with E-state index in [4.69, 9.17) is 0 Å². The van der Waals surface area contributed by atoms with Crippen molar-refractivity contribution >= 4 is 33.4 Å². The van der Waals surface area contributed by atoms with Crippen LogP contribution in [0.4, 0.5) is 4.79 Å². The van der Waals surface area contributed by atoms with E-state index in [1.165, 1.54) is 4.90 Å². The fourth-order valence-electron chi connectivity index (χ4n) is 4.85. The molecule has 160 valence electrons. The van der Waals surface area contributed by atoms with Gasteiger partial charge in [0.1, 0.15) is 11.3 Å². The zero-order valence-electron chi connectivity index (χ0n) is 17.8. The third-order valence-corrected chi connectivity index (χ3v) is 7.65. The maximum absolute atomic E-state index is 13.6. The van der Waals surface area contributed by atoms with Crippen molar-refractivity contribution < 1.29 is 14.7 Å². The van der Waals surface area contributed by atoms with Gasteiger partial charge < -0.3 is 10.0 Å². The number of urea groups is 1. The number of phenols is 1. The lowest BCUT2D eigenvalue weighted by Crippen LogP contribution is -2.53. The van der Waals surface area contributed by atoms with Crippen molar-refractivity contribution in [1.82, 2.24) is 14.7 Å². The summed E-state index contributed by atoms with van der Waals surface area (Å²) in [7, 11) is 3.86. The van der Waals surface area contributed by atoms with Gasteiger partial charge in [-0.2, -0.15) is 0 Å². The van der Waals surface area contributed by atoms with Crippen LogP contribution in [0.2, 0.25) is 0 Å². The van der Waals surface area contributed by atoms with E-state index in [-0.39, 0.29) is 17.7 Å². The summed E-state index contributed by atoms with van der Waals surface area (Å²) in [4.78, 5) is 33.4. The highest BCUT2D eigenvalue weighted by Crippen LogP contribution is 2.51. The van der Waals surface area contributed by atoms with Gasteiger partial charge in [0.05, 0.1) is 6.04 Å². The Morgan fingerprint density at radius 3 is 2.68 bits per heavy atom. The summed E-state index contributed by atoms with van der Waals surface area (Å²) in [6.45, 7) is 2.86. The normalized spacial score (nSPS) is 23.0. The van der Waals surface area contributed by atoms with E-state index >= 15 is 0 Å². The van der Waals surface area contributed by atoms with Crippen LogP contribution in [0.25, 0.3) is 10.1 Å². The summed E-state index contributed by atoms with van der Waals surface area (Å²) in [5.41, 5.74) is 0.980. The highest BCUT2D eigenvalue weighted by molar-refractivity contribution is 7.19. The first kappa shape index (κ1) is 20.0. The van der Waals surface area contributed by atoms with E-state index in [0.29, 0.717) is 19.5 Å². The van der Waals surface area contributed by atoms with Gasteiger partial charge in [0.2, 0.25) is 0 Å². The second-order valence-electron chi connectivity index (χ2n) is 8.80. The molecule has 0 unspecified atom stereocenters. The van der Waals surface area contributed by atoms with Crippen LogP contribution >= 0.6 is 11.3 Å². The highest BCUT2D eigenvalue weighted by Gasteiger charge is 2.60. The van der Waals surface area contributed by atoms with Gasteiger partial charge in [-0.25, -0.2) is 4.79 Å². The van der Waals surface area contributed by atoms with E-state index in [1.54, 1.807) is 34.4 Å². The van der Waals surface area contributed by atoms with E-state index in [0.717, 1.165) is 26.1 Å². The van der Waals surface area contributed by atoms with E-state index in [2.05, 4.69) is 12.1 Å². The van der Waals surface area contributed by atoms with E-state index in [1.807, 2.05) is 44.1 Å². The van der Waals surface area contributed by atoms with Crippen LogP contribution in [0.1, 0.15) is 29.0 Å². The second kappa shape index (κ2) is 7.07. The summed E-state index contributed by atoms with van der Waals surface area (Å²) in [5, 5.41) is 11.3. The molecule has 0 saturated carbocycles. The monoisotopic (exact) mass is 435 g/mol. The third-order valence-electron chi connectivity index (χ3n) is 6.39. The number of amides is 3. The Morgan fingerprint density at radius 2 is 1.94 bits per heavy atom.